The number of benzene rings is 1. The highest BCUT2D eigenvalue weighted by molar-refractivity contribution is 5.86. The van der Waals surface area contributed by atoms with E-state index in [9.17, 15) is 14.7 Å². The molecular formula is C18H26N2O3. The lowest BCUT2D eigenvalue weighted by Gasteiger charge is -2.33. The Morgan fingerprint density at radius 3 is 2.48 bits per heavy atom. The second kappa shape index (κ2) is 7.59. The van der Waals surface area contributed by atoms with E-state index in [1.165, 1.54) is 11.1 Å². The average Bonchev–Trinajstić information content (AvgIpc) is 2.52. The van der Waals surface area contributed by atoms with Crippen molar-refractivity contribution in [3.8, 4) is 0 Å². The summed E-state index contributed by atoms with van der Waals surface area (Å²) in [5.41, 5.74) is 2.58. The van der Waals surface area contributed by atoms with E-state index in [0.29, 0.717) is 6.42 Å². The van der Waals surface area contributed by atoms with Crippen LogP contribution < -0.4 is 5.32 Å². The molecule has 1 aliphatic heterocycles. The first-order chi connectivity index (χ1) is 10.9. The van der Waals surface area contributed by atoms with Gasteiger partial charge in [-0.2, -0.15) is 0 Å². The molecule has 0 saturated heterocycles. The highest BCUT2D eigenvalue weighted by Crippen LogP contribution is 2.20. The Kier molecular flexibility index (Phi) is 5.77. The van der Waals surface area contributed by atoms with Gasteiger partial charge >= 0.3 is 5.97 Å². The lowest BCUT2D eigenvalue weighted by atomic mass is 9.98. The highest BCUT2D eigenvalue weighted by atomic mass is 16.4. The Labute approximate surface area is 137 Å². The fourth-order valence-corrected chi connectivity index (χ4v) is 3.00. The van der Waals surface area contributed by atoms with Gasteiger partial charge in [0.1, 0.15) is 6.04 Å². The minimum absolute atomic E-state index is 0.211. The molecule has 2 rings (SSSR count). The van der Waals surface area contributed by atoms with Crippen molar-refractivity contribution >= 4 is 11.9 Å². The van der Waals surface area contributed by atoms with E-state index in [0.717, 1.165) is 19.5 Å². The van der Waals surface area contributed by atoms with Crippen molar-refractivity contribution in [2.45, 2.75) is 52.2 Å². The van der Waals surface area contributed by atoms with Gasteiger partial charge in [-0.15, -0.1) is 0 Å². The van der Waals surface area contributed by atoms with E-state index >= 15 is 0 Å². The number of aliphatic carboxylic acids is 1. The molecule has 0 aliphatic carbocycles. The maximum atomic E-state index is 12.4. The first-order valence-corrected chi connectivity index (χ1v) is 8.22. The number of hydrogen-bond acceptors (Lipinski definition) is 3. The van der Waals surface area contributed by atoms with E-state index in [1.807, 2.05) is 32.9 Å². The lowest BCUT2D eigenvalue weighted by molar-refractivity contribution is -0.143. The molecule has 0 saturated carbocycles. The number of rotatable bonds is 6. The van der Waals surface area contributed by atoms with Gasteiger partial charge in [0.15, 0.2) is 0 Å². The van der Waals surface area contributed by atoms with E-state index in [4.69, 9.17) is 0 Å². The summed E-state index contributed by atoms with van der Waals surface area (Å²) in [7, 11) is 0. The summed E-state index contributed by atoms with van der Waals surface area (Å²) < 4.78 is 0. The normalized spacial score (nSPS) is 17.4. The molecule has 0 radical (unpaired) electrons. The Morgan fingerprint density at radius 1 is 1.22 bits per heavy atom. The van der Waals surface area contributed by atoms with E-state index < -0.39 is 12.0 Å². The molecule has 5 heteroatoms. The smallest absolute Gasteiger partial charge is 0.326 e. The van der Waals surface area contributed by atoms with E-state index in [2.05, 4.69) is 22.3 Å². The topological polar surface area (TPSA) is 69.6 Å². The fourth-order valence-electron chi connectivity index (χ4n) is 3.00. The summed E-state index contributed by atoms with van der Waals surface area (Å²) in [5, 5.41) is 12.0. The number of nitrogens with zero attached hydrogens (tertiary/aromatic N) is 1. The van der Waals surface area contributed by atoms with Crippen LogP contribution in [0.3, 0.4) is 0 Å². The van der Waals surface area contributed by atoms with Gasteiger partial charge in [0.25, 0.3) is 0 Å². The third-order valence-corrected chi connectivity index (χ3v) is 4.41. The summed E-state index contributed by atoms with van der Waals surface area (Å²) in [5.74, 6) is -0.964. The molecule has 5 nitrogen and oxygen atoms in total. The lowest BCUT2D eigenvalue weighted by Crippen LogP contribution is -2.51. The van der Waals surface area contributed by atoms with Crippen LogP contribution in [0.2, 0.25) is 0 Å². The van der Waals surface area contributed by atoms with Crippen molar-refractivity contribution in [1.82, 2.24) is 10.2 Å². The molecule has 23 heavy (non-hydrogen) atoms. The molecule has 1 heterocycles. The zero-order valence-electron chi connectivity index (χ0n) is 14.1. The molecule has 2 atom stereocenters. The van der Waals surface area contributed by atoms with Crippen molar-refractivity contribution in [2.24, 2.45) is 5.92 Å². The summed E-state index contributed by atoms with van der Waals surface area (Å²) in [4.78, 5) is 25.8. The largest absolute Gasteiger partial charge is 0.480 e. The fraction of sp³-hybridized carbons (Fsp3) is 0.556. The SMILES string of the molecule is CC(C)C[C@H](NC(=O)C(C)N1CCc2ccccc2C1)C(=O)O. The van der Waals surface area contributed by atoms with E-state index in [-0.39, 0.29) is 17.9 Å². The molecule has 0 bridgehead atoms. The molecule has 1 aliphatic rings. The first-order valence-electron chi connectivity index (χ1n) is 8.22. The number of hydrogen-bond donors (Lipinski definition) is 2. The van der Waals surface area contributed by atoms with Crippen LogP contribution >= 0.6 is 0 Å². The van der Waals surface area contributed by atoms with Crippen LogP contribution in [0.4, 0.5) is 0 Å². The maximum Gasteiger partial charge on any atom is 0.326 e. The third-order valence-electron chi connectivity index (χ3n) is 4.41. The van der Waals surface area contributed by atoms with E-state index in [1.54, 1.807) is 0 Å². The van der Waals surface area contributed by atoms with Crippen molar-refractivity contribution in [1.29, 1.82) is 0 Å². The Morgan fingerprint density at radius 2 is 1.87 bits per heavy atom. The molecular weight excluding hydrogens is 292 g/mol. The van der Waals surface area contributed by atoms with Gasteiger partial charge in [0.2, 0.25) is 5.91 Å². The molecule has 1 aromatic carbocycles. The first kappa shape index (κ1) is 17.5. The Hall–Kier alpha value is -1.88. The summed E-state index contributed by atoms with van der Waals surface area (Å²) >= 11 is 0. The van der Waals surface area contributed by atoms with Crippen molar-refractivity contribution in [3.63, 3.8) is 0 Å². The third kappa shape index (κ3) is 4.55. The minimum Gasteiger partial charge on any atom is -0.480 e. The van der Waals surface area contributed by atoms with Gasteiger partial charge in [0, 0.05) is 13.1 Å². The van der Waals surface area contributed by atoms with Crippen LogP contribution in [0.15, 0.2) is 24.3 Å². The summed E-state index contributed by atoms with van der Waals surface area (Å²) in [6, 6.07) is 7.11. The number of carboxylic acids is 1. The molecule has 1 aromatic rings. The number of carbonyl (C=O) groups is 2. The number of carbonyl (C=O) groups excluding carboxylic acids is 1. The summed E-state index contributed by atoms with van der Waals surface area (Å²) in [6.45, 7) is 7.29. The van der Waals surface area contributed by atoms with Crippen molar-refractivity contribution < 1.29 is 14.7 Å². The molecule has 0 spiro atoms. The van der Waals surface area contributed by atoms with Crippen LogP contribution in [-0.4, -0.2) is 40.5 Å². The predicted octanol–water partition coefficient (Wildman–Crippen LogP) is 2.05. The van der Waals surface area contributed by atoms with Gasteiger partial charge in [-0.1, -0.05) is 38.1 Å². The van der Waals surface area contributed by atoms with Gasteiger partial charge in [-0.3, -0.25) is 9.69 Å². The molecule has 0 fully saturated rings. The molecule has 1 unspecified atom stereocenters. The zero-order valence-corrected chi connectivity index (χ0v) is 14.1. The molecule has 126 valence electrons. The monoisotopic (exact) mass is 318 g/mol. The van der Waals surface area contributed by atoms with Crippen molar-refractivity contribution in [2.75, 3.05) is 6.54 Å². The Bertz CT molecular complexity index is 571. The maximum absolute atomic E-state index is 12.4. The predicted molar refractivity (Wildman–Crippen MR) is 89.0 cm³/mol. The van der Waals surface area contributed by atoms with Crippen LogP contribution in [0.1, 0.15) is 38.3 Å². The number of amides is 1. The molecule has 0 aromatic heterocycles. The molecule has 1 amide bonds. The van der Waals surface area contributed by atoms with Crippen LogP contribution in [0.5, 0.6) is 0 Å². The van der Waals surface area contributed by atoms with Crippen molar-refractivity contribution in [3.05, 3.63) is 35.4 Å². The van der Waals surface area contributed by atoms with Gasteiger partial charge < -0.3 is 10.4 Å². The van der Waals surface area contributed by atoms with Crippen LogP contribution in [-0.2, 0) is 22.6 Å². The second-order valence-corrected chi connectivity index (χ2v) is 6.69. The highest BCUT2D eigenvalue weighted by Gasteiger charge is 2.28. The van der Waals surface area contributed by atoms with Gasteiger partial charge in [0.05, 0.1) is 6.04 Å². The molecule has 2 N–H and O–H groups in total. The number of carboxylic acid groups (broad SMARTS) is 1. The van der Waals surface area contributed by atoms with Crippen LogP contribution in [0, 0.1) is 5.92 Å². The van der Waals surface area contributed by atoms with Gasteiger partial charge in [-0.25, -0.2) is 4.79 Å². The number of nitrogens with one attached hydrogen (secondary N) is 1. The van der Waals surface area contributed by atoms with Crippen LogP contribution in [0.25, 0.3) is 0 Å². The Balaban J connectivity index is 1.98. The quantitative estimate of drug-likeness (QED) is 0.842. The number of fused-ring (bicyclic) bond motifs is 1. The standard InChI is InChI=1S/C18H26N2O3/c1-12(2)10-16(18(22)23)19-17(21)13(3)20-9-8-14-6-4-5-7-15(14)11-20/h4-7,12-13,16H,8-11H2,1-3H3,(H,19,21)(H,22,23)/t13?,16-/m0/s1. The summed E-state index contributed by atoms with van der Waals surface area (Å²) in [6.07, 6.45) is 1.36. The second-order valence-electron chi connectivity index (χ2n) is 6.69. The van der Waals surface area contributed by atoms with Gasteiger partial charge in [-0.05, 0) is 36.8 Å². The minimum atomic E-state index is -0.969. The zero-order chi connectivity index (χ0) is 17.0. The average molecular weight is 318 g/mol.